The molecule has 1 aromatic rings. The minimum atomic E-state index is 0.0577. The van der Waals surface area contributed by atoms with E-state index in [0.29, 0.717) is 13.0 Å². The molecule has 0 radical (unpaired) electrons. The lowest BCUT2D eigenvalue weighted by Gasteiger charge is -2.17. The Balaban J connectivity index is 2.30. The van der Waals surface area contributed by atoms with Crippen LogP contribution < -0.4 is 9.64 Å². The summed E-state index contributed by atoms with van der Waals surface area (Å²) < 4.78 is 5.62. The Hall–Kier alpha value is -2.17. The third-order valence-corrected chi connectivity index (χ3v) is 3.67. The molecular weight excluding hydrogens is 278 g/mol. The first-order chi connectivity index (χ1) is 10.5. The van der Waals surface area contributed by atoms with Crippen molar-refractivity contribution >= 4 is 23.0 Å². The van der Waals surface area contributed by atoms with E-state index in [1.807, 2.05) is 32.0 Å². The molecule has 22 heavy (non-hydrogen) atoms. The SMILES string of the molecule is CCC/C(C)=N\N=C(/C)c1ccc2c(c1)N(C)C(=O)CCO2. The number of carbonyl (C=O) groups is 1. The van der Waals surface area contributed by atoms with Crippen molar-refractivity contribution in [1.82, 2.24) is 0 Å². The Morgan fingerprint density at radius 3 is 2.82 bits per heavy atom. The van der Waals surface area contributed by atoms with Crippen molar-refractivity contribution in [2.45, 2.75) is 40.0 Å². The van der Waals surface area contributed by atoms with Crippen LogP contribution >= 0.6 is 0 Å². The number of nitrogens with zero attached hydrogens (tertiary/aromatic N) is 3. The first-order valence-corrected chi connectivity index (χ1v) is 7.64. The van der Waals surface area contributed by atoms with E-state index in [4.69, 9.17) is 4.74 Å². The molecule has 0 saturated carbocycles. The quantitative estimate of drug-likeness (QED) is 0.632. The lowest BCUT2D eigenvalue weighted by molar-refractivity contribution is -0.118. The molecule has 0 fully saturated rings. The van der Waals surface area contributed by atoms with Gasteiger partial charge in [0.15, 0.2) is 0 Å². The second-order valence-electron chi connectivity index (χ2n) is 5.50. The normalized spacial score (nSPS) is 16.2. The van der Waals surface area contributed by atoms with E-state index >= 15 is 0 Å². The summed E-state index contributed by atoms with van der Waals surface area (Å²) in [7, 11) is 1.77. The van der Waals surface area contributed by atoms with Crippen LogP contribution in [0.25, 0.3) is 0 Å². The van der Waals surface area contributed by atoms with Gasteiger partial charge in [0.2, 0.25) is 5.91 Å². The van der Waals surface area contributed by atoms with E-state index in [9.17, 15) is 4.79 Å². The number of carbonyl (C=O) groups excluding carboxylic acids is 1. The molecule has 1 amide bonds. The van der Waals surface area contributed by atoms with Crippen molar-refractivity contribution in [3.05, 3.63) is 23.8 Å². The second kappa shape index (κ2) is 7.20. The minimum absolute atomic E-state index is 0.0577. The third-order valence-electron chi connectivity index (χ3n) is 3.67. The summed E-state index contributed by atoms with van der Waals surface area (Å²) in [4.78, 5) is 13.6. The van der Waals surface area contributed by atoms with Gasteiger partial charge in [-0.1, -0.05) is 13.3 Å². The maximum Gasteiger partial charge on any atom is 0.230 e. The monoisotopic (exact) mass is 301 g/mol. The van der Waals surface area contributed by atoms with Crippen LogP contribution in [-0.2, 0) is 4.79 Å². The number of amides is 1. The summed E-state index contributed by atoms with van der Waals surface area (Å²) >= 11 is 0. The molecule has 0 N–H and O–H groups in total. The van der Waals surface area contributed by atoms with Crippen molar-refractivity contribution in [3.8, 4) is 5.75 Å². The molecule has 0 saturated heterocycles. The van der Waals surface area contributed by atoms with Gasteiger partial charge in [0.25, 0.3) is 0 Å². The zero-order chi connectivity index (χ0) is 16.1. The van der Waals surface area contributed by atoms with Gasteiger partial charge in [-0.05, 0) is 44.0 Å². The Labute approximate surface area is 131 Å². The van der Waals surface area contributed by atoms with Crippen LogP contribution in [0.15, 0.2) is 28.4 Å². The lowest BCUT2D eigenvalue weighted by Crippen LogP contribution is -2.25. The van der Waals surface area contributed by atoms with Crippen LogP contribution in [0.4, 0.5) is 5.69 Å². The maximum atomic E-state index is 11.9. The summed E-state index contributed by atoms with van der Waals surface area (Å²) in [6.07, 6.45) is 2.41. The molecule has 0 spiro atoms. The summed E-state index contributed by atoms with van der Waals surface area (Å²) in [5.74, 6) is 0.790. The zero-order valence-electron chi connectivity index (χ0n) is 13.7. The van der Waals surface area contributed by atoms with Crippen LogP contribution in [0.3, 0.4) is 0 Å². The van der Waals surface area contributed by atoms with Gasteiger partial charge < -0.3 is 9.64 Å². The Morgan fingerprint density at radius 2 is 2.09 bits per heavy atom. The van der Waals surface area contributed by atoms with Crippen LogP contribution in [0.1, 0.15) is 45.6 Å². The van der Waals surface area contributed by atoms with E-state index in [-0.39, 0.29) is 5.91 Å². The van der Waals surface area contributed by atoms with Crippen LogP contribution in [0.2, 0.25) is 0 Å². The molecule has 5 heteroatoms. The van der Waals surface area contributed by atoms with Gasteiger partial charge in [0.05, 0.1) is 24.4 Å². The van der Waals surface area contributed by atoms with Crippen LogP contribution in [-0.4, -0.2) is 31.0 Å². The van der Waals surface area contributed by atoms with E-state index in [1.54, 1.807) is 11.9 Å². The predicted octanol–water partition coefficient (Wildman–Crippen LogP) is 3.42. The lowest BCUT2D eigenvalue weighted by atomic mass is 10.1. The number of fused-ring (bicyclic) bond motifs is 1. The number of anilines is 1. The number of hydrogen-bond acceptors (Lipinski definition) is 4. The summed E-state index contributed by atoms with van der Waals surface area (Å²) in [5.41, 5.74) is 3.57. The fraction of sp³-hybridized carbons (Fsp3) is 0.471. The largest absolute Gasteiger partial charge is 0.491 e. The Bertz CT molecular complexity index is 620. The molecule has 1 heterocycles. The average Bonchev–Trinajstić information content (AvgIpc) is 2.65. The first kappa shape index (κ1) is 16.2. The van der Waals surface area contributed by atoms with Gasteiger partial charge in [-0.3, -0.25) is 4.79 Å². The number of ether oxygens (including phenoxy) is 1. The maximum absolute atomic E-state index is 11.9. The molecule has 5 nitrogen and oxygen atoms in total. The summed E-state index contributed by atoms with van der Waals surface area (Å²) in [5, 5.41) is 8.54. The van der Waals surface area contributed by atoms with Gasteiger partial charge in [-0.25, -0.2) is 0 Å². The van der Waals surface area contributed by atoms with Gasteiger partial charge in [0.1, 0.15) is 5.75 Å². The molecule has 0 atom stereocenters. The van der Waals surface area contributed by atoms with Crippen LogP contribution in [0.5, 0.6) is 5.75 Å². The molecule has 0 unspecified atom stereocenters. The van der Waals surface area contributed by atoms with Crippen molar-refractivity contribution in [3.63, 3.8) is 0 Å². The topological polar surface area (TPSA) is 54.3 Å². The van der Waals surface area contributed by atoms with Gasteiger partial charge in [-0.2, -0.15) is 10.2 Å². The fourth-order valence-electron chi connectivity index (χ4n) is 2.31. The van der Waals surface area contributed by atoms with E-state index < -0.39 is 0 Å². The molecule has 1 aromatic carbocycles. The summed E-state index contributed by atoms with van der Waals surface area (Å²) in [6, 6.07) is 5.77. The highest BCUT2D eigenvalue weighted by Gasteiger charge is 2.20. The van der Waals surface area contributed by atoms with Crippen molar-refractivity contribution < 1.29 is 9.53 Å². The van der Waals surface area contributed by atoms with E-state index in [1.165, 1.54) is 0 Å². The van der Waals surface area contributed by atoms with Gasteiger partial charge in [-0.15, -0.1) is 0 Å². The highest BCUT2D eigenvalue weighted by molar-refractivity contribution is 6.02. The Kier molecular flexibility index (Phi) is 5.31. The number of hydrogen-bond donors (Lipinski definition) is 0. The van der Waals surface area contributed by atoms with Gasteiger partial charge >= 0.3 is 0 Å². The second-order valence-corrected chi connectivity index (χ2v) is 5.50. The Morgan fingerprint density at radius 1 is 1.32 bits per heavy atom. The molecular formula is C17H23N3O2. The molecule has 0 bridgehead atoms. The molecule has 1 aliphatic rings. The molecule has 2 rings (SSSR count). The highest BCUT2D eigenvalue weighted by atomic mass is 16.5. The van der Waals surface area contributed by atoms with Crippen molar-refractivity contribution in [2.24, 2.45) is 10.2 Å². The van der Waals surface area contributed by atoms with E-state index in [0.717, 1.165) is 41.3 Å². The van der Waals surface area contributed by atoms with Gasteiger partial charge in [0, 0.05) is 12.8 Å². The zero-order valence-corrected chi connectivity index (χ0v) is 13.7. The minimum Gasteiger partial charge on any atom is -0.491 e. The van der Waals surface area contributed by atoms with Crippen molar-refractivity contribution in [1.29, 1.82) is 0 Å². The first-order valence-electron chi connectivity index (χ1n) is 7.64. The fourth-order valence-corrected chi connectivity index (χ4v) is 2.31. The third kappa shape index (κ3) is 3.72. The summed E-state index contributed by atoms with van der Waals surface area (Å²) in [6.45, 7) is 6.44. The standard InChI is InChI=1S/C17H23N3O2/c1-5-6-12(2)18-19-13(3)14-7-8-16-15(11-14)20(4)17(21)9-10-22-16/h7-8,11H,5-6,9-10H2,1-4H3/b18-12-,19-13+. The number of benzene rings is 1. The molecule has 0 aliphatic carbocycles. The predicted molar refractivity (Wildman–Crippen MR) is 90.2 cm³/mol. The average molecular weight is 301 g/mol. The van der Waals surface area contributed by atoms with Crippen LogP contribution in [0, 0.1) is 0 Å². The van der Waals surface area contributed by atoms with Crippen molar-refractivity contribution in [2.75, 3.05) is 18.6 Å². The smallest absolute Gasteiger partial charge is 0.230 e. The number of rotatable bonds is 4. The van der Waals surface area contributed by atoms with E-state index in [2.05, 4.69) is 17.1 Å². The molecule has 0 aromatic heterocycles. The molecule has 118 valence electrons. The molecule has 1 aliphatic heterocycles. The highest BCUT2D eigenvalue weighted by Crippen LogP contribution is 2.31.